The van der Waals surface area contributed by atoms with Gasteiger partial charge in [0.15, 0.2) is 5.16 Å². The highest BCUT2D eigenvalue weighted by Gasteiger charge is 2.22. The van der Waals surface area contributed by atoms with E-state index in [9.17, 15) is 4.79 Å². The lowest BCUT2D eigenvalue weighted by Gasteiger charge is -2.29. The van der Waals surface area contributed by atoms with E-state index in [0.29, 0.717) is 17.7 Å². The smallest absolute Gasteiger partial charge is 0.230 e. The lowest BCUT2D eigenvalue weighted by Crippen LogP contribution is -2.41. The molecule has 1 saturated carbocycles. The maximum absolute atomic E-state index is 12.1. The predicted molar refractivity (Wildman–Crippen MR) is 85.5 cm³/mol. The van der Waals surface area contributed by atoms with Crippen LogP contribution in [0.2, 0.25) is 0 Å². The van der Waals surface area contributed by atoms with E-state index in [-0.39, 0.29) is 5.91 Å². The quantitative estimate of drug-likeness (QED) is 0.883. The van der Waals surface area contributed by atoms with Crippen molar-refractivity contribution in [1.82, 2.24) is 14.7 Å². The van der Waals surface area contributed by atoms with Crippen LogP contribution in [0.15, 0.2) is 35.7 Å². The van der Waals surface area contributed by atoms with Gasteiger partial charge in [0, 0.05) is 12.2 Å². The zero-order valence-electron chi connectivity index (χ0n) is 12.3. The van der Waals surface area contributed by atoms with Gasteiger partial charge in [-0.1, -0.05) is 37.6 Å². The summed E-state index contributed by atoms with van der Waals surface area (Å²) in [5, 5.41) is 4.05. The molecular weight excluding hydrogens is 282 g/mol. The number of rotatable bonds is 4. The molecule has 0 aromatic carbocycles. The highest BCUT2D eigenvalue weighted by Crippen LogP contribution is 2.24. The van der Waals surface area contributed by atoms with Gasteiger partial charge in [0.05, 0.1) is 17.5 Å². The highest BCUT2D eigenvalue weighted by molar-refractivity contribution is 7.99. The van der Waals surface area contributed by atoms with Crippen molar-refractivity contribution in [2.45, 2.75) is 43.8 Å². The molecule has 2 aromatic rings. The zero-order chi connectivity index (χ0) is 14.7. The fourth-order valence-electron chi connectivity index (χ4n) is 2.94. The van der Waals surface area contributed by atoms with Crippen molar-refractivity contribution in [1.29, 1.82) is 0 Å². The molecule has 2 aromatic heterocycles. The van der Waals surface area contributed by atoms with Crippen molar-refractivity contribution >= 4 is 23.2 Å². The summed E-state index contributed by atoms with van der Waals surface area (Å²) in [6.45, 7) is 2.24. The van der Waals surface area contributed by atoms with Crippen LogP contribution in [0, 0.1) is 5.92 Å². The Kier molecular flexibility index (Phi) is 4.48. The molecule has 21 heavy (non-hydrogen) atoms. The van der Waals surface area contributed by atoms with Gasteiger partial charge in [-0.05, 0) is 30.9 Å². The molecule has 2 unspecified atom stereocenters. The first kappa shape index (κ1) is 14.4. The number of pyridine rings is 1. The number of aromatic nitrogens is 2. The van der Waals surface area contributed by atoms with Crippen LogP contribution in [-0.2, 0) is 4.79 Å². The average molecular weight is 303 g/mol. The molecule has 1 aliphatic rings. The van der Waals surface area contributed by atoms with Crippen molar-refractivity contribution in [3.63, 3.8) is 0 Å². The summed E-state index contributed by atoms with van der Waals surface area (Å²) in [6.07, 6.45) is 8.68. The molecule has 5 heteroatoms. The van der Waals surface area contributed by atoms with Crippen LogP contribution in [0.4, 0.5) is 0 Å². The Labute approximate surface area is 129 Å². The van der Waals surface area contributed by atoms with Gasteiger partial charge in [-0.15, -0.1) is 0 Å². The fraction of sp³-hybridized carbons (Fsp3) is 0.500. The van der Waals surface area contributed by atoms with E-state index in [1.165, 1.54) is 31.0 Å². The number of imidazole rings is 1. The molecule has 0 aliphatic heterocycles. The Morgan fingerprint density at radius 1 is 1.43 bits per heavy atom. The molecule has 1 amide bonds. The van der Waals surface area contributed by atoms with Crippen LogP contribution in [0.1, 0.15) is 32.6 Å². The molecule has 1 N–H and O–H groups in total. The predicted octanol–water partition coefficient (Wildman–Crippen LogP) is 3.12. The van der Waals surface area contributed by atoms with Gasteiger partial charge < -0.3 is 5.32 Å². The summed E-state index contributed by atoms with van der Waals surface area (Å²) in [4.78, 5) is 16.5. The Hall–Kier alpha value is -1.49. The Morgan fingerprint density at radius 3 is 3.14 bits per heavy atom. The molecule has 1 fully saturated rings. The van der Waals surface area contributed by atoms with E-state index in [1.807, 2.05) is 35.0 Å². The maximum Gasteiger partial charge on any atom is 0.230 e. The van der Waals surface area contributed by atoms with E-state index >= 15 is 0 Å². The number of amides is 1. The fourth-order valence-corrected chi connectivity index (χ4v) is 3.71. The van der Waals surface area contributed by atoms with Crippen LogP contribution in [0.25, 0.3) is 5.52 Å². The van der Waals surface area contributed by atoms with Crippen LogP contribution in [0.3, 0.4) is 0 Å². The van der Waals surface area contributed by atoms with Gasteiger partial charge in [-0.2, -0.15) is 0 Å². The molecule has 2 heterocycles. The number of thioether (sulfide) groups is 1. The van der Waals surface area contributed by atoms with Crippen LogP contribution in [-0.4, -0.2) is 27.1 Å². The number of hydrogen-bond donors (Lipinski definition) is 1. The molecule has 0 saturated heterocycles. The third-order valence-corrected chi connectivity index (χ3v) is 5.16. The molecule has 4 nitrogen and oxygen atoms in total. The number of carbonyl (C=O) groups is 1. The zero-order valence-corrected chi connectivity index (χ0v) is 13.1. The van der Waals surface area contributed by atoms with Crippen molar-refractivity contribution in [3.05, 3.63) is 30.6 Å². The minimum Gasteiger partial charge on any atom is -0.352 e. The van der Waals surface area contributed by atoms with Gasteiger partial charge >= 0.3 is 0 Å². The second-order valence-corrected chi connectivity index (χ2v) is 6.70. The van der Waals surface area contributed by atoms with Gasteiger partial charge in [0.25, 0.3) is 0 Å². The first-order valence-corrected chi connectivity index (χ1v) is 8.57. The lowest BCUT2D eigenvalue weighted by molar-refractivity contribution is -0.119. The third-order valence-electron chi connectivity index (χ3n) is 4.19. The SMILES string of the molecule is CC1CCCCC1NC(=O)CSc1ncc2ccccn12. The number of nitrogens with one attached hydrogen (secondary N) is 1. The van der Waals surface area contributed by atoms with Gasteiger partial charge in [-0.3, -0.25) is 9.20 Å². The number of carbonyl (C=O) groups excluding carboxylic acids is 1. The molecule has 0 radical (unpaired) electrons. The first-order chi connectivity index (χ1) is 10.2. The molecule has 0 bridgehead atoms. The van der Waals surface area contributed by atoms with Gasteiger partial charge in [0.1, 0.15) is 0 Å². The normalized spacial score (nSPS) is 22.3. The summed E-state index contributed by atoms with van der Waals surface area (Å²) >= 11 is 1.49. The minimum absolute atomic E-state index is 0.117. The van der Waals surface area contributed by atoms with Crippen LogP contribution >= 0.6 is 11.8 Å². The molecule has 3 rings (SSSR count). The summed E-state index contributed by atoms with van der Waals surface area (Å²) in [6, 6.07) is 6.33. The number of nitrogens with zero attached hydrogens (tertiary/aromatic N) is 2. The molecule has 2 atom stereocenters. The van der Waals surface area contributed by atoms with Crippen LogP contribution in [0.5, 0.6) is 0 Å². The summed E-state index contributed by atoms with van der Waals surface area (Å²) in [7, 11) is 0. The largest absolute Gasteiger partial charge is 0.352 e. The molecular formula is C16H21N3OS. The third kappa shape index (κ3) is 3.40. The van der Waals surface area contributed by atoms with Crippen molar-refractivity contribution in [3.8, 4) is 0 Å². The van der Waals surface area contributed by atoms with E-state index in [1.54, 1.807) is 0 Å². The summed E-state index contributed by atoms with van der Waals surface area (Å²) < 4.78 is 2.02. The number of fused-ring (bicyclic) bond motifs is 1. The average Bonchev–Trinajstić information content (AvgIpc) is 2.91. The minimum atomic E-state index is 0.117. The molecule has 1 aliphatic carbocycles. The summed E-state index contributed by atoms with van der Waals surface area (Å²) in [5.41, 5.74) is 1.06. The second kappa shape index (κ2) is 6.52. The molecule has 112 valence electrons. The molecule has 0 spiro atoms. The van der Waals surface area contributed by atoms with E-state index in [2.05, 4.69) is 17.2 Å². The van der Waals surface area contributed by atoms with Crippen molar-refractivity contribution in [2.24, 2.45) is 5.92 Å². The topological polar surface area (TPSA) is 46.4 Å². The Balaban J connectivity index is 1.56. The van der Waals surface area contributed by atoms with Crippen LogP contribution < -0.4 is 5.32 Å². The maximum atomic E-state index is 12.1. The monoisotopic (exact) mass is 303 g/mol. The Morgan fingerprint density at radius 2 is 2.29 bits per heavy atom. The Bertz CT molecular complexity index is 625. The van der Waals surface area contributed by atoms with Gasteiger partial charge in [0.2, 0.25) is 5.91 Å². The standard InChI is InChI=1S/C16H21N3OS/c1-12-6-2-3-8-14(12)18-15(20)11-21-16-17-10-13-7-4-5-9-19(13)16/h4-5,7,9-10,12,14H,2-3,6,8,11H2,1H3,(H,18,20). The van der Waals surface area contributed by atoms with E-state index in [0.717, 1.165) is 17.1 Å². The van der Waals surface area contributed by atoms with E-state index in [4.69, 9.17) is 0 Å². The lowest BCUT2D eigenvalue weighted by atomic mass is 9.86. The second-order valence-electron chi connectivity index (χ2n) is 5.76. The first-order valence-electron chi connectivity index (χ1n) is 7.58. The highest BCUT2D eigenvalue weighted by atomic mass is 32.2. The number of hydrogen-bond acceptors (Lipinski definition) is 3. The van der Waals surface area contributed by atoms with Crippen molar-refractivity contribution < 1.29 is 4.79 Å². The van der Waals surface area contributed by atoms with E-state index < -0.39 is 0 Å². The summed E-state index contributed by atoms with van der Waals surface area (Å²) in [5.74, 6) is 1.14. The van der Waals surface area contributed by atoms with Crippen molar-refractivity contribution in [2.75, 3.05) is 5.75 Å². The van der Waals surface area contributed by atoms with Gasteiger partial charge in [-0.25, -0.2) is 4.98 Å².